The van der Waals surface area contributed by atoms with Gasteiger partial charge in [-0.15, -0.1) is 0 Å². The van der Waals surface area contributed by atoms with Crippen LogP contribution in [0.1, 0.15) is 39.0 Å². The van der Waals surface area contributed by atoms with Crippen molar-refractivity contribution in [2.75, 3.05) is 0 Å². The quantitative estimate of drug-likeness (QED) is 0.686. The summed E-state index contributed by atoms with van der Waals surface area (Å²) in [7, 11) is 0. The van der Waals surface area contributed by atoms with Crippen LogP contribution in [0.5, 0.6) is 0 Å². The minimum Gasteiger partial charge on any atom is -0.480 e. The highest BCUT2D eigenvalue weighted by Crippen LogP contribution is 2.29. The second kappa shape index (κ2) is 3.77. The maximum atomic E-state index is 11.1. The molecule has 0 unspecified atom stereocenters. The van der Waals surface area contributed by atoms with Gasteiger partial charge in [-0.1, -0.05) is 19.8 Å². The van der Waals surface area contributed by atoms with Gasteiger partial charge in [-0.3, -0.25) is 4.79 Å². The smallest absolute Gasteiger partial charge is 0.329 e. The Balaban J connectivity index is 2.68. The van der Waals surface area contributed by atoms with E-state index in [2.05, 4.69) is 5.32 Å². The van der Waals surface area contributed by atoms with Crippen molar-refractivity contribution in [2.24, 2.45) is 0 Å². The number of hydrogen-bond acceptors (Lipinski definition) is 2. The van der Waals surface area contributed by atoms with Gasteiger partial charge in [-0.05, 0) is 12.8 Å². The number of nitrogens with one attached hydrogen (secondary N) is 1. The van der Waals surface area contributed by atoms with E-state index in [0.29, 0.717) is 19.3 Å². The molecule has 4 heteroatoms. The van der Waals surface area contributed by atoms with Gasteiger partial charge in [0.1, 0.15) is 5.54 Å². The lowest BCUT2D eigenvalue weighted by Gasteiger charge is -2.24. The molecule has 1 aliphatic rings. The first-order valence-corrected chi connectivity index (χ1v) is 4.65. The van der Waals surface area contributed by atoms with E-state index < -0.39 is 11.5 Å². The van der Waals surface area contributed by atoms with Crippen LogP contribution in [0.25, 0.3) is 0 Å². The number of amides is 1. The summed E-state index contributed by atoms with van der Waals surface area (Å²) in [5, 5.41) is 11.6. The lowest BCUT2D eigenvalue weighted by Crippen LogP contribution is -2.52. The molecule has 74 valence electrons. The van der Waals surface area contributed by atoms with Gasteiger partial charge in [-0.2, -0.15) is 0 Å². The first-order valence-electron chi connectivity index (χ1n) is 4.65. The van der Waals surface area contributed by atoms with Crippen LogP contribution in [-0.2, 0) is 9.59 Å². The zero-order valence-electron chi connectivity index (χ0n) is 7.80. The van der Waals surface area contributed by atoms with Gasteiger partial charge in [0.05, 0.1) is 0 Å². The molecule has 0 radical (unpaired) electrons. The molecule has 0 atom stereocenters. The van der Waals surface area contributed by atoms with Crippen LogP contribution in [0.4, 0.5) is 0 Å². The van der Waals surface area contributed by atoms with E-state index in [1.54, 1.807) is 6.92 Å². The van der Waals surface area contributed by atoms with E-state index in [4.69, 9.17) is 5.11 Å². The third-order valence-electron chi connectivity index (χ3n) is 2.57. The van der Waals surface area contributed by atoms with E-state index >= 15 is 0 Å². The monoisotopic (exact) mass is 185 g/mol. The maximum absolute atomic E-state index is 11.1. The summed E-state index contributed by atoms with van der Waals surface area (Å²) in [4.78, 5) is 22.1. The molecule has 1 rings (SSSR count). The Hall–Kier alpha value is -1.06. The number of carbonyl (C=O) groups excluding carboxylic acids is 1. The van der Waals surface area contributed by atoms with Crippen LogP contribution < -0.4 is 5.32 Å². The van der Waals surface area contributed by atoms with Crippen molar-refractivity contribution in [2.45, 2.75) is 44.6 Å². The molecule has 13 heavy (non-hydrogen) atoms. The van der Waals surface area contributed by atoms with Crippen LogP contribution in [-0.4, -0.2) is 22.5 Å². The molecule has 1 saturated carbocycles. The Morgan fingerprint density at radius 3 is 2.31 bits per heavy atom. The van der Waals surface area contributed by atoms with Crippen molar-refractivity contribution in [3.63, 3.8) is 0 Å². The number of aliphatic carboxylic acids is 1. The number of hydrogen-bond donors (Lipinski definition) is 2. The van der Waals surface area contributed by atoms with E-state index in [1.807, 2.05) is 0 Å². The minimum atomic E-state index is -0.965. The normalized spacial score (nSPS) is 19.8. The molecule has 2 N–H and O–H groups in total. The fraction of sp³-hybridized carbons (Fsp3) is 0.778. The van der Waals surface area contributed by atoms with Crippen LogP contribution in [0.15, 0.2) is 0 Å². The third-order valence-corrected chi connectivity index (χ3v) is 2.57. The highest BCUT2D eigenvalue weighted by atomic mass is 16.4. The molecule has 0 aromatic rings. The zero-order chi connectivity index (χ0) is 9.90. The Morgan fingerprint density at radius 1 is 1.38 bits per heavy atom. The molecular formula is C9H15NO3. The fourth-order valence-electron chi connectivity index (χ4n) is 1.73. The van der Waals surface area contributed by atoms with Crippen molar-refractivity contribution in [3.8, 4) is 0 Å². The first kappa shape index (κ1) is 10.0. The predicted octanol–water partition coefficient (Wildman–Crippen LogP) is 0.910. The van der Waals surface area contributed by atoms with Gasteiger partial charge in [0.25, 0.3) is 0 Å². The fourth-order valence-corrected chi connectivity index (χ4v) is 1.73. The molecular weight excluding hydrogens is 170 g/mol. The Labute approximate surface area is 77.3 Å². The Morgan fingerprint density at radius 2 is 1.92 bits per heavy atom. The Kier molecular flexibility index (Phi) is 2.90. The highest BCUT2D eigenvalue weighted by Gasteiger charge is 2.42. The average molecular weight is 185 g/mol. The molecule has 0 heterocycles. The molecule has 0 bridgehead atoms. The maximum Gasteiger partial charge on any atom is 0.329 e. The summed E-state index contributed by atoms with van der Waals surface area (Å²) < 4.78 is 0. The largest absolute Gasteiger partial charge is 0.480 e. The second-order valence-corrected chi connectivity index (χ2v) is 3.50. The van der Waals surface area contributed by atoms with Gasteiger partial charge in [0.15, 0.2) is 0 Å². The summed E-state index contributed by atoms with van der Waals surface area (Å²) in [5.74, 6) is -1.07. The van der Waals surface area contributed by atoms with Crippen LogP contribution in [0.3, 0.4) is 0 Å². The van der Waals surface area contributed by atoms with Crippen LogP contribution >= 0.6 is 0 Å². The summed E-state index contributed by atoms with van der Waals surface area (Å²) in [6.07, 6.45) is 3.24. The molecule has 0 saturated heterocycles. The van der Waals surface area contributed by atoms with Crippen LogP contribution in [0, 0.1) is 0 Å². The minimum absolute atomic E-state index is 0.177. The lowest BCUT2D eigenvalue weighted by atomic mass is 9.98. The molecule has 1 amide bonds. The van der Waals surface area contributed by atoms with Crippen molar-refractivity contribution < 1.29 is 14.7 Å². The lowest BCUT2D eigenvalue weighted by molar-refractivity contribution is -0.147. The second-order valence-electron chi connectivity index (χ2n) is 3.50. The van der Waals surface area contributed by atoms with Gasteiger partial charge < -0.3 is 10.4 Å². The van der Waals surface area contributed by atoms with E-state index in [-0.39, 0.29) is 5.91 Å². The van der Waals surface area contributed by atoms with E-state index in [1.165, 1.54) is 0 Å². The summed E-state index contributed by atoms with van der Waals surface area (Å²) >= 11 is 0. The van der Waals surface area contributed by atoms with Crippen LogP contribution in [0.2, 0.25) is 0 Å². The third kappa shape index (κ3) is 1.99. The number of carboxylic acid groups (broad SMARTS) is 1. The van der Waals surface area contributed by atoms with Gasteiger partial charge >= 0.3 is 5.97 Å². The zero-order valence-corrected chi connectivity index (χ0v) is 7.80. The molecule has 0 spiro atoms. The van der Waals surface area contributed by atoms with Gasteiger partial charge in [-0.25, -0.2) is 4.79 Å². The summed E-state index contributed by atoms with van der Waals surface area (Å²) in [5.41, 5.74) is -0.965. The standard InChI is InChI=1S/C9H15NO3/c1-2-7(11)10-9(8(12)13)5-3-4-6-9/h2-6H2,1H3,(H,10,11)(H,12,13). The molecule has 0 aromatic carbocycles. The van der Waals surface area contributed by atoms with Crippen molar-refractivity contribution in [3.05, 3.63) is 0 Å². The number of carboxylic acids is 1. The predicted molar refractivity (Wildman–Crippen MR) is 47.3 cm³/mol. The molecule has 4 nitrogen and oxygen atoms in total. The van der Waals surface area contributed by atoms with Crippen molar-refractivity contribution in [1.29, 1.82) is 0 Å². The van der Waals surface area contributed by atoms with Crippen molar-refractivity contribution in [1.82, 2.24) is 5.32 Å². The first-order chi connectivity index (χ1) is 6.10. The number of carbonyl (C=O) groups is 2. The SMILES string of the molecule is CCC(=O)NC1(C(=O)O)CCCC1. The molecule has 1 fully saturated rings. The van der Waals surface area contributed by atoms with Crippen molar-refractivity contribution >= 4 is 11.9 Å². The average Bonchev–Trinajstić information content (AvgIpc) is 2.54. The molecule has 0 aromatic heterocycles. The Bertz CT molecular complexity index is 219. The molecule has 0 aliphatic heterocycles. The number of rotatable bonds is 3. The van der Waals surface area contributed by atoms with Gasteiger partial charge in [0.2, 0.25) is 5.91 Å². The topological polar surface area (TPSA) is 66.4 Å². The highest BCUT2D eigenvalue weighted by molar-refractivity contribution is 5.87. The molecule has 1 aliphatic carbocycles. The summed E-state index contributed by atoms with van der Waals surface area (Å²) in [6.45, 7) is 1.72. The van der Waals surface area contributed by atoms with E-state index in [9.17, 15) is 9.59 Å². The summed E-state index contributed by atoms with van der Waals surface area (Å²) in [6, 6.07) is 0. The van der Waals surface area contributed by atoms with Gasteiger partial charge in [0, 0.05) is 6.42 Å². The van der Waals surface area contributed by atoms with E-state index in [0.717, 1.165) is 12.8 Å².